The second-order valence-corrected chi connectivity index (χ2v) is 7.51. The van der Waals surface area contributed by atoms with Gasteiger partial charge in [0.25, 0.3) is 0 Å². The molecule has 0 aromatic heterocycles. The lowest BCUT2D eigenvalue weighted by Gasteiger charge is -2.19. The lowest BCUT2D eigenvalue weighted by Crippen LogP contribution is -2.39. The molecular weight excluding hydrogens is 270 g/mol. The molecule has 5 heteroatoms. The molecule has 102 valence electrons. The van der Waals surface area contributed by atoms with Gasteiger partial charge in [0.15, 0.2) is 0 Å². The maximum absolute atomic E-state index is 11.2. The summed E-state index contributed by atoms with van der Waals surface area (Å²) in [7, 11) is -2.93. The standard InChI is InChI=1S/C13H20ClNO2S/c1-10(15-11(2)9-18(3,16)17)8-12-4-6-13(14)7-5-12/h4-7,10-11,15H,8-9H2,1-3H3. The van der Waals surface area contributed by atoms with E-state index in [1.807, 2.05) is 38.1 Å². The van der Waals surface area contributed by atoms with Crippen molar-refractivity contribution in [1.29, 1.82) is 0 Å². The molecule has 0 aliphatic carbocycles. The fourth-order valence-corrected chi connectivity index (χ4v) is 3.15. The van der Waals surface area contributed by atoms with Gasteiger partial charge in [0, 0.05) is 23.4 Å². The number of hydrogen-bond acceptors (Lipinski definition) is 3. The Morgan fingerprint density at radius 2 is 1.72 bits per heavy atom. The molecule has 1 aromatic carbocycles. The fourth-order valence-electron chi connectivity index (χ4n) is 2.02. The van der Waals surface area contributed by atoms with E-state index in [4.69, 9.17) is 11.6 Å². The zero-order chi connectivity index (χ0) is 13.8. The minimum Gasteiger partial charge on any atom is -0.310 e. The van der Waals surface area contributed by atoms with Gasteiger partial charge in [-0.1, -0.05) is 23.7 Å². The zero-order valence-corrected chi connectivity index (χ0v) is 12.6. The quantitative estimate of drug-likeness (QED) is 0.874. The summed E-state index contributed by atoms with van der Waals surface area (Å²) in [6, 6.07) is 7.89. The second kappa shape index (κ2) is 6.55. The van der Waals surface area contributed by atoms with E-state index >= 15 is 0 Å². The van der Waals surface area contributed by atoms with Crippen molar-refractivity contribution in [2.24, 2.45) is 0 Å². The van der Waals surface area contributed by atoms with Crippen LogP contribution >= 0.6 is 11.6 Å². The Balaban J connectivity index is 2.46. The number of hydrogen-bond donors (Lipinski definition) is 1. The highest BCUT2D eigenvalue weighted by Crippen LogP contribution is 2.11. The molecule has 0 aliphatic heterocycles. The minimum atomic E-state index is -2.93. The average molecular weight is 290 g/mol. The van der Waals surface area contributed by atoms with Gasteiger partial charge < -0.3 is 5.32 Å². The monoisotopic (exact) mass is 289 g/mol. The third-order valence-electron chi connectivity index (χ3n) is 2.58. The second-order valence-electron chi connectivity index (χ2n) is 4.89. The summed E-state index contributed by atoms with van der Waals surface area (Å²) in [6.07, 6.45) is 2.11. The highest BCUT2D eigenvalue weighted by Gasteiger charge is 2.13. The predicted octanol–water partition coefficient (Wildman–Crippen LogP) is 2.29. The van der Waals surface area contributed by atoms with E-state index in [2.05, 4.69) is 5.32 Å². The summed E-state index contributed by atoms with van der Waals surface area (Å²) < 4.78 is 22.3. The Kier molecular flexibility index (Phi) is 5.63. The molecule has 0 spiro atoms. The molecule has 0 heterocycles. The number of nitrogens with one attached hydrogen (secondary N) is 1. The first-order valence-electron chi connectivity index (χ1n) is 5.94. The Morgan fingerprint density at radius 3 is 2.22 bits per heavy atom. The van der Waals surface area contributed by atoms with Crippen molar-refractivity contribution in [2.45, 2.75) is 32.4 Å². The van der Waals surface area contributed by atoms with Crippen molar-refractivity contribution in [3.8, 4) is 0 Å². The molecule has 1 N–H and O–H groups in total. The van der Waals surface area contributed by atoms with E-state index in [-0.39, 0.29) is 17.8 Å². The molecule has 0 saturated heterocycles. The smallest absolute Gasteiger partial charge is 0.148 e. The third-order valence-corrected chi connectivity index (χ3v) is 3.93. The van der Waals surface area contributed by atoms with Gasteiger partial charge in [-0.2, -0.15) is 0 Å². The molecule has 0 radical (unpaired) electrons. The first kappa shape index (κ1) is 15.5. The number of benzene rings is 1. The van der Waals surface area contributed by atoms with Gasteiger partial charge in [-0.05, 0) is 38.0 Å². The summed E-state index contributed by atoms with van der Waals surface area (Å²) in [5, 5.41) is 4.01. The van der Waals surface area contributed by atoms with Crippen molar-refractivity contribution in [3.05, 3.63) is 34.9 Å². The largest absolute Gasteiger partial charge is 0.310 e. The normalized spacial score (nSPS) is 15.3. The highest BCUT2D eigenvalue weighted by atomic mass is 35.5. The van der Waals surface area contributed by atoms with E-state index in [0.717, 1.165) is 11.4 Å². The maximum Gasteiger partial charge on any atom is 0.148 e. The SMILES string of the molecule is CC(Cc1ccc(Cl)cc1)NC(C)CS(C)(=O)=O. The average Bonchev–Trinajstić information content (AvgIpc) is 2.18. The summed E-state index contributed by atoms with van der Waals surface area (Å²) in [4.78, 5) is 0. The molecule has 2 atom stereocenters. The van der Waals surface area contributed by atoms with Gasteiger partial charge in [-0.3, -0.25) is 0 Å². The Labute approximate surface area is 114 Å². The van der Waals surface area contributed by atoms with Gasteiger partial charge in [-0.15, -0.1) is 0 Å². The summed E-state index contributed by atoms with van der Waals surface area (Å²) >= 11 is 5.82. The molecule has 1 rings (SSSR count). The first-order chi connectivity index (χ1) is 8.26. The lowest BCUT2D eigenvalue weighted by molar-refractivity contribution is 0.484. The van der Waals surface area contributed by atoms with Crippen molar-refractivity contribution in [3.63, 3.8) is 0 Å². The summed E-state index contributed by atoms with van der Waals surface area (Å²) in [6.45, 7) is 3.94. The topological polar surface area (TPSA) is 46.2 Å². The van der Waals surface area contributed by atoms with Crippen LogP contribution in [0.5, 0.6) is 0 Å². The summed E-state index contributed by atoms with van der Waals surface area (Å²) in [5.41, 5.74) is 1.19. The van der Waals surface area contributed by atoms with Crippen LogP contribution in [-0.2, 0) is 16.3 Å². The Bertz CT molecular complexity index is 470. The van der Waals surface area contributed by atoms with E-state index in [0.29, 0.717) is 0 Å². The van der Waals surface area contributed by atoms with Gasteiger partial charge >= 0.3 is 0 Å². The minimum absolute atomic E-state index is 0.0395. The van der Waals surface area contributed by atoms with Crippen molar-refractivity contribution in [2.75, 3.05) is 12.0 Å². The van der Waals surface area contributed by atoms with E-state index in [1.165, 1.54) is 11.8 Å². The van der Waals surface area contributed by atoms with Crippen molar-refractivity contribution < 1.29 is 8.42 Å². The first-order valence-corrected chi connectivity index (χ1v) is 8.38. The van der Waals surface area contributed by atoms with Crippen LogP contribution in [0.2, 0.25) is 5.02 Å². The van der Waals surface area contributed by atoms with Crippen molar-refractivity contribution in [1.82, 2.24) is 5.32 Å². The predicted molar refractivity (Wildman–Crippen MR) is 76.9 cm³/mol. The zero-order valence-electron chi connectivity index (χ0n) is 11.0. The number of rotatable bonds is 6. The van der Waals surface area contributed by atoms with E-state index in [9.17, 15) is 8.42 Å². The molecule has 0 fully saturated rings. The fraction of sp³-hybridized carbons (Fsp3) is 0.538. The van der Waals surface area contributed by atoms with Crippen LogP contribution in [0.1, 0.15) is 19.4 Å². The molecule has 0 bridgehead atoms. The summed E-state index contributed by atoms with van der Waals surface area (Å²) in [5.74, 6) is 0.165. The van der Waals surface area contributed by atoms with Gasteiger partial charge in [0.05, 0.1) is 5.75 Å². The molecule has 1 aromatic rings. The number of halogens is 1. The van der Waals surface area contributed by atoms with Crippen LogP contribution in [0.3, 0.4) is 0 Å². The molecular formula is C13H20ClNO2S. The molecule has 0 amide bonds. The van der Waals surface area contributed by atoms with E-state index in [1.54, 1.807) is 0 Å². The van der Waals surface area contributed by atoms with Crippen LogP contribution < -0.4 is 5.32 Å². The Morgan fingerprint density at radius 1 is 1.17 bits per heavy atom. The Hall–Kier alpha value is -0.580. The van der Waals surface area contributed by atoms with Crippen LogP contribution in [0.15, 0.2) is 24.3 Å². The lowest BCUT2D eigenvalue weighted by atomic mass is 10.1. The van der Waals surface area contributed by atoms with E-state index < -0.39 is 9.84 Å². The molecule has 18 heavy (non-hydrogen) atoms. The molecule has 0 aliphatic rings. The van der Waals surface area contributed by atoms with Crippen LogP contribution in [0, 0.1) is 0 Å². The molecule has 2 unspecified atom stereocenters. The molecule has 0 saturated carbocycles. The van der Waals surface area contributed by atoms with Crippen LogP contribution in [0.4, 0.5) is 0 Å². The van der Waals surface area contributed by atoms with Gasteiger partial charge in [0.2, 0.25) is 0 Å². The van der Waals surface area contributed by atoms with Crippen molar-refractivity contribution >= 4 is 21.4 Å². The third kappa shape index (κ3) is 6.38. The number of sulfone groups is 1. The molecule has 3 nitrogen and oxygen atoms in total. The maximum atomic E-state index is 11.2. The van der Waals surface area contributed by atoms with Gasteiger partial charge in [0.1, 0.15) is 9.84 Å². The highest BCUT2D eigenvalue weighted by molar-refractivity contribution is 7.90. The van der Waals surface area contributed by atoms with Crippen LogP contribution in [0.25, 0.3) is 0 Å². The van der Waals surface area contributed by atoms with Gasteiger partial charge in [-0.25, -0.2) is 8.42 Å². The van der Waals surface area contributed by atoms with Crippen LogP contribution in [-0.4, -0.2) is 32.5 Å².